The van der Waals surface area contributed by atoms with Gasteiger partial charge in [0.2, 0.25) is 5.91 Å². The number of amides is 3. The van der Waals surface area contributed by atoms with E-state index < -0.39 is 0 Å². The zero-order valence-corrected chi connectivity index (χ0v) is 23.5. The molecule has 12 nitrogen and oxygen atoms in total. The van der Waals surface area contributed by atoms with Crippen molar-refractivity contribution in [2.24, 2.45) is 0 Å². The molecule has 3 aromatic rings. The van der Waals surface area contributed by atoms with Crippen molar-refractivity contribution in [3.63, 3.8) is 0 Å². The van der Waals surface area contributed by atoms with Crippen molar-refractivity contribution in [1.82, 2.24) is 30.0 Å². The molecule has 3 amide bonds. The third-order valence-electron chi connectivity index (χ3n) is 7.47. The molecule has 41 heavy (non-hydrogen) atoms. The predicted octanol–water partition coefficient (Wildman–Crippen LogP) is 3.17. The van der Waals surface area contributed by atoms with Gasteiger partial charge in [-0.15, -0.1) is 0 Å². The Morgan fingerprint density at radius 1 is 1.02 bits per heavy atom. The second-order valence-corrected chi connectivity index (χ2v) is 10.2. The fourth-order valence-electron chi connectivity index (χ4n) is 5.24. The molecule has 0 radical (unpaired) electrons. The maximum atomic E-state index is 12.7. The van der Waals surface area contributed by atoms with Crippen LogP contribution in [0.4, 0.5) is 16.3 Å². The first-order chi connectivity index (χ1) is 20.0. The number of carbonyl (C=O) groups is 3. The highest BCUT2D eigenvalue weighted by atomic mass is 16.5. The summed E-state index contributed by atoms with van der Waals surface area (Å²) in [6.45, 7) is 5.71. The molecule has 0 unspecified atom stereocenters. The number of allylic oxidation sites excluding steroid dienone is 2. The van der Waals surface area contributed by atoms with Gasteiger partial charge >= 0.3 is 6.03 Å². The third-order valence-corrected chi connectivity index (χ3v) is 7.47. The summed E-state index contributed by atoms with van der Waals surface area (Å²) in [6.07, 6.45) is 7.01. The average molecular weight is 561 g/mol. The van der Waals surface area contributed by atoms with E-state index in [1.807, 2.05) is 40.0 Å². The second kappa shape index (κ2) is 12.9. The van der Waals surface area contributed by atoms with Gasteiger partial charge in [0.25, 0.3) is 0 Å². The number of fused-ring (bicyclic) bond motifs is 1. The van der Waals surface area contributed by atoms with Gasteiger partial charge in [-0.1, -0.05) is 6.08 Å². The number of aromatic nitrogens is 4. The van der Waals surface area contributed by atoms with Gasteiger partial charge in [0.05, 0.1) is 30.8 Å². The molecule has 12 heteroatoms. The van der Waals surface area contributed by atoms with Crippen LogP contribution in [0, 0.1) is 0 Å². The van der Waals surface area contributed by atoms with Gasteiger partial charge < -0.3 is 25.2 Å². The summed E-state index contributed by atoms with van der Waals surface area (Å²) in [7, 11) is 1.57. The molecule has 2 aromatic heterocycles. The first-order valence-electron chi connectivity index (χ1n) is 14.1. The molecule has 1 aromatic carbocycles. The zero-order chi connectivity index (χ0) is 28.8. The van der Waals surface area contributed by atoms with Crippen LogP contribution in [-0.4, -0.2) is 88.8 Å². The van der Waals surface area contributed by atoms with Crippen LogP contribution in [0.15, 0.2) is 42.6 Å². The van der Waals surface area contributed by atoms with E-state index in [9.17, 15) is 14.4 Å². The number of carbonyl (C=O) groups excluding carboxylic acids is 3. The van der Waals surface area contributed by atoms with Crippen molar-refractivity contribution in [2.45, 2.75) is 38.6 Å². The number of nitrogens with one attached hydrogen (secondary N) is 2. The molecular weight excluding hydrogens is 524 g/mol. The number of ether oxygens (including phenoxy) is 1. The van der Waals surface area contributed by atoms with Crippen molar-refractivity contribution in [2.75, 3.05) is 56.7 Å². The highest BCUT2D eigenvalue weighted by molar-refractivity contribution is 5.92. The summed E-state index contributed by atoms with van der Waals surface area (Å²) in [6, 6.07) is 7.22. The van der Waals surface area contributed by atoms with Crippen molar-refractivity contribution in [3.8, 4) is 11.4 Å². The monoisotopic (exact) mass is 560 g/mol. The van der Waals surface area contributed by atoms with Crippen LogP contribution in [0.25, 0.3) is 22.4 Å². The summed E-state index contributed by atoms with van der Waals surface area (Å²) in [5.41, 5.74) is 2.25. The fraction of sp³-hybridized carbons (Fsp3) is 0.448. The minimum absolute atomic E-state index is 0.0141. The lowest BCUT2D eigenvalue weighted by molar-refractivity contribution is -0.133. The number of piperidine rings is 1. The molecule has 2 aliphatic heterocycles. The Morgan fingerprint density at radius 3 is 2.44 bits per heavy atom. The molecule has 0 aliphatic carbocycles. The quantitative estimate of drug-likeness (QED) is 0.401. The molecule has 2 aliphatic rings. The third kappa shape index (κ3) is 6.54. The van der Waals surface area contributed by atoms with E-state index in [2.05, 4.69) is 15.5 Å². The van der Waals surface area contributed by atoms with Crippen molar-refractivity contribution in [1.29, 1.82) is 0 Å². The number of ketones is 1. The molecule has 5 rings (SSSR count). The van der Waals surface area contributed by atoms with E-state index >= 15 is 0 Å². The highest BCUT2D eigenvalue weighted by Gasteiger charge is 2.28. The molecule has 2 saturated heterocycles. The van der Waals surface area contributed by atoms with Gasteiger partial charge in [0.15, 0.2) is 17.3 Å². The molecule has 0 saturated carbocycles. The maximum absolute atomic E-state index is 12.7. The van der Waals surface area contributed by atoms with Crippen LogP contribution in [-0.2, 0) is 14.3 Å². The summed E-state index contributed by atoms with van der Waals surface area (Å²) in [5, 5.41) is 11.0. The Kier molecular flexibility index (Phi) is 8.88. The van der Waals surface area contributed by atoms with Crippen LogP contribution in [0.2, 0.25) is 0 Å². The van der Waals surface area contributed by atoms with Crippen molar-refractivity contribution >= 4 is 40.3 Å². The van der Waals surface area contributed by atoms with Crippen LogP contribution in [0.3, 0.4) is 0 Å². The number of anilines is 2. The van der Waals surface area contributed by atoms with Crippen molar-refractivity contribution < 1.29 is 19.1 Å². The smallest absolute Gasteiger partial charge is 0.318 e. The molecule has 4 heterocycles. The molecule has 0 atom stereocenters. The normalized spacial score (nSPS) is 16.3. The molecule has 0 bridgehead atoms. The first kappa shape index (κ1) is 28.2. The Hall–Kier alpha value is -4.32. The lowest BCUT2D eigenvalue weighted by Gasteiger charge is -2.32. The van der Waals surface area contributed by atoms with Gasteiger partial charge in [-0.3, -0.25) is 9.59 Å². The molecule has 2 N–H and O–H groups in total. The summed E-state index contributed by atoms with van der Waals surface area (Å²) in [5.74, 6) is 1.39. The number of hydrogen-bond donors (Lipinski definition) is 2. The largest absolute Gasteiger partial charge is 0.378 e. The minimum atomic E-state index is -0.288. The van der Waals surface area contributed by atoms with Gasteiger partial charge in [0, 0.05) is 57.3 Å². The number of likely N-dealkylation sites (tertiary alicyclic amines) is 1. The fourth-order valence-corrected chi connectivity index (χ4v) is 5.24. The lowest BCUT2D eigenvalue weighted by atomic mass is 10.0. The van der Waals surface area contributed by atoms with Crippen LogP contribution >= 0.6 is 0 Å². The number of benzene rings is 1. The van der Waals surface area contributed by atoms with E-state index in [4.69, 9.17) is 19.8 Å². The highest BCUT2D eigenvalue weighted by Crippen LogP contribution is 2.32. The molecule has 216 valence electrons. The van der Waals surface area contributed by atoms with Gasteiger partial charge in [-0.25, -0.2) is 19.4 Å². The van der Waals surface area contributed by atoms with E-state index in [0.29, 0.717) is 37.8 Å². The zero-order valence-electron chi connectivity index (χ0n) is 23.5. The standard InChI is InChI=1S/C29H36N8O4/c1-3-4-23(38)9-10-25(39)35-13-11-22(12-14-35)37-28-24(19-31-37)27(36-15-17-41-18-16-36)33-26(34-28)20-5-7-21(8-6-20)32-29(40)30-2/h3-8,19,22H,9-18H2,1-2H3,(H2,30,32,40)/b4-3+. The summed E-state index contributed by atoms with van der Waals surface area (Å²) >= 11 is 0. The Morgan fingerprint density at radius 2 is 1.76 bits per heavy atom. The van der Waals surface area contributed by atoms with Crippen LogP contribution in [0.1, 0.15) is 38.6 Å². The number of urea groups is 1. The second-order valence-electron chi connectivity index (χ2n) is 10.2. The number of nitrogens with zero attached hydrogens (tertiary/aromatic N) is 6. The summed E-state index contributed by atoms with van der Waals surface area (Å²) < 4.78 is 7.55. The van der Waals surface area contributed by atoms with Crippen LogP contribution in [0.5, 0.6) is 0 Å². The van der Waals surface area contributed by atoms with Crippen LogP contribution < -0.4 is 15.5 Å². The average Bonchev–Trinajstić information content (AvgIpc) is 3.44. The predicted molar refractivity (Wildman–Crippen MR) is 156 cm³/mol. The lowest BCUT2D eigenvalue weighted by Crippen LogP contribution is -2.39. The topological polar surface area (TPSA) is 135 Å². The van der Waals surface area contributed by atoms with E-state index in [1.54, 1.807) is 20.0 Å². The Balaban J connectivity index is 1.39. The summed E-state index contributed by atoms with van der Waals surface area (Å²) in [4.78, 5) is 50.2. The Labute approximate surface area is 238 Å². The van der Waals surface area contributed by atoms with Gasteiger partial charge in [0.1, 0.15) is 5.82 Å². The molecule has 2 fully saturated rings. The molecule has 0 spiro atoms. The first-order valence-corrected chi connectivity index (χ1v) is 14.1. The van der Waals surface area contributed by atoms with Crippen molar-refractivity contribution in [3.05, 3.63) is 42.6 Å². The minimum Gasteiger partial charge on any atom is -0.378 e. The SMILES string of the molecule is C/C=C/C(=O)CCC(=O)N1CCC(n2ncc3c(N4CCOCC4)nc(-c4ccc(NC(=O)NC)cc4)nc32)CC1. The number of morpholine rings is 1. The maximum Gasteiger partial charge on any atom is 0.318 e. The van der Waals surface area contributed by atoms with E-state index in [0.717, 1.165) is 48.3 Å². The number of hydrogen-bond acceptors (Lipinski definition) is 8. The Bertz CT molecular complexity index is 1420. The van der Waals surface area contributed by atoms with Gasteiger partial charge in [-0.05, 0) is 50.1 Å². The molecular formula is C29H36N8O4. The van der Waals surface area contributed by atoms with E-state index in [-0.39, 0.29) is 36.6 Å². The van der Waals surface area contributed by atoms with E-state index in [1.165, 1.54) is 6.08 Å². The number of rotatable bonds is 8. The van der Waals surface area contributed by atoms with Gasteiger partial charge in [-0.2, -0.15) is 5.10 Å².